The number of carbonyl (C=O) groups is 3. The summed E-state index contributed by atoms with van der Waals surface area (Å²) in [7, 11) is 0. The van der Waals surface area contributed by atoms with E-state index in [4.69, 9.17) is 21.1 Å². The van der Waals surface area contributed by atoms with Crippen LogP contribution < -0.4 is 14.4 Å². The summed E-state index contributed by atoms with van der Waals surface area (Å²) < 4.78 is 10.8. The van der Waals surface area contributed by atoms with E-state index in [0.717, 1.165) is 16.7 Å². The molecule has 0 N–H and O–H groups in total. The van der Waals surface area contributed by atoms with Crippen LogP contribution in [0.4, 0.5) is 5.69 Å². The summed E-state index contributed by atoms with van der Waals surface area (Å²) in [6, 6.07) is 18.7. The number of carbonyl (C=O) groups excluding carboxylic acids is 3. The molecule has 3 aromatic rings. The Balaban J connectivity index is 1.44. The lowest BCUT2D eigenvalue weighted by Gasteiger charge is -2.28. The lowest BCUT2D eigenvalue weighted by atomic mass is 10.1. The molecule has 1 atom stereocenters. The van der Waals surface area contributed by atoms with Gasteiger partial charge in [-0.1, -0.05) is 47.5 Å². The molecule has 2 aliphatic rings. The first-order chi connectivity index (χ1) is 16.9. The molecule has 0 aromatic heterocycles. The number of fused-ring (bicyclic) bond motifs is 1. The molecule has 1 unspecified atom stereocenters. The summed E-state index contributed by atoms with van der Waals surface area (Å²) in [4.78, 5) is 42.6. The molecule has 178 valence electrons. The number of hydrogen-bond acceptors (Lipinski definition) is 5. The van der Waals surface area contributed by atoms with Gasteiger partial charge in [0.05, 0.1) is 18.5 Å². The lowest BCUT2D eigenvalue weighted by molar-refractivity contribution is -0.138. The van der Waals surface area contributed by atoms with Gasteiger partial charge in [-0.15, -0.1) is 0 Å². The van der Waals surface area contributed by atoms with Crippen molar-refractivity contribution < 1.29 is 23.9 Å². The van der Waals surface area contributed by atoms with Crippen molar-refractivity contribution in [3.05, 3.63) is 88.4 Å². The summed E-state index contributed by atoms with van der Waals surface area (Å²) >= 11 is 5.98. The van der Waals surface area contributed by atoms with Gasteiger partial charge in [0.2, 0.25) is 18.6 Å². The Morgan fingerprint density at radius 2 is 1.66 bits per heavy atom. The summed E-state index contributed by atoms with van der Waals surface area (Å²) in [6.45, 7) is 2.22. The van der Waals surface area contributed by atoms with Gasteiger partial charge in [-0.2, -0.15) is 0 Å². The summed E-state index contributed by atoms with van der Waals surface area (Å²) in [5.74, 6) is 0.206. The van der Waals surface area contributed by atoms with Gasteiger partial charge in [0.15, 0.2) is 11.5 Å². The minimum atomic E-state index is -0.908. The molecule has 0 saturated carbocycles. The first-order valence-corrected chi connectivity index (χ1v) is 11.6. The van der Waals surface area contributed by atoms with Crippen LogP contribution in [0.5, 0.6) is 11.5 Å². The molecular formula is C27H23ClN2O5. The third-order valence-electron chi connectivity index (χ3n) is 6.17. The number of hydrogen-bond donors (Lipinski definition) is 0. The highest BCUT2D eigenvalue weighted by Crippen LogP contribution is 2.34. The van der Waals surface area contributed by atoms with Gasteiger partial charge in [-0.25, -0.2) is 4.90 Å². The number of benzene rings is 3. The lowest BCUT2D eigenvalue weighted by Crippen LogP contribution is -2.45. The highest BCUT2D eigenvalue weighted by molar-refractivity contribution is 6.30. The third kappa shape index (κ3) is 4.72. The molecule has 35 heavy (non-hydrogen) atoms. The Kier molecular flexibility index (Phi) is 6.17. The molecule has 0 aliphatic carbocycles. The molecular weight excluding hydrogens is 468 g/mol. The second kappa shape index (κ2) is 9.43. The number of halogens is 1. The van der Waals surface area contributed by atoms with Crippen LogP contribution >= 0.6 is 11.6 Å². The normalized spacial score (nSPS) is 16.6. The Morgan fingerprint density at radius 3 is 2.40 bits per heavy atom. The quantitative estimate of drug-likeness (QED) is 0.482. The molecule has 0 spiro atoms. The topological polar surface area (TPSA) is 76.2 Å². The average Bonchev–Trinajstić information content (AvgIpc) is 3.43. The minimum absolute atomic E-state index is 0.0736. The third-order valence-corrected chi connectivity index (χ3v) is 6.42. The number of imide groups is 1. The number of aryl methyl sites for hydroxylation is 1. The highest BCUT2D eigenvalue weighted by atomic mass is 35.5. The maximum absolute atomic E-state index is 13.5. The molecule has 8 heteroatoms. The zero-order valence-corrected chi connectivity index (χ0v) is 19.8. The average molecular weight is 491 g/mol. The van der Waals surface area contributed by atoms with Crippen LogP contribution in [-0.4, -0.2) is 35.5 Å². The van der Waals surface area contributed by atoms with Crippen molar-refractivity contribution in [2.45, 2.75) is 32.4 Å². The molecule has 1 saturated heterocycles. The minimum Gasteiger partial charge on any atom is -0.454 e. The number of amides is 3. The van der Waals surface area contributed by atoms with Gasteiger partial charge in [-0.05, 0) is 54.4 Å². The molecule has 7 nitrogen and oxygen atoms in total. The fourth-order valence-electron chi connectivity index (χ4n) is 4.31. The zero-order valence-electron chi connectivity index (χ0n) is 19.1. The molecule has 3 aromatic carbocycles. The predicted octanol–water partition coefficient (Wildman–Crippen LogP) is 4.28. The van der Waals surface area contributed by atoms with E-state index in [1.165, 1.54) is 9.80 Å². The van der Waals surface area contributed by atoms with Crippen LogP contribution in [0, 0.1) is 6.92 Å². The van der Waals surface area contributed by atoms with Gasteiger partial charge in [0, 0.05) is 11.6 Å². The smallest absolute Gasteiger partial charge is 0.257 e. The molecule has 2 aliphatic heterocycles. The fourth-order valence-corrected chi connectivity index (χ4v) is 4.44. The van der Waals surface area contributed by atoms with E-state index < -0.39 is 11.9 Å². The van der Waals surface area contributed by atoms with E-state index in [2.05, 4.69) is 0 Å². The maximum atomic E-state index is 13.5. The van der Waals surface area contributed by atoms with Crippen molar-refractivity contribution in [3.8, 4) is 11.5 Å². The fraction of sp³-hybridized carbons (Fsp3) is 0.222. The molecule has 1 fully saturated rings. The van der Waals surface area contributed by atoms with Crippen molar-refractivity contribution in [2.24, 2.45) is 0 Å². The molecule has 0 radical (unpaired) electrons. The van der Waals surface area contributed by atoms with Crippen molar-refractivity contribution in [3.63, 3.8) is 0 Å². The molecule has 2 heterocycles. The number of nitrogens with zero attached hydrogens (tertiary/aromatic N) is 2. The first kappa shape index (κ1) is 22.9. The van der Waals surface area contributed by atoms with Crippen LogP contribution in [0.2, 0.25) is 5.02 Å². The van der Waals surface area contributed by atoms with Crippen LogP contribution in [0.3, 0.4) is 0 Å². The van der Waals surface area contributed by atoms with Crippen molar-refractivity contribution >= 4 is 35.0 Å². The highest BCUT2D eigenvalue weighted by Gasteiger charge is 2.44. The number of rotatable bonds is 6. The Hall–Kier alpha value is -3.84. The number of ether oxygens (including phenoxy) is 2. The monoisotopic (exact) mass is 490 g/mol. The van der Waals surface area contributed by atoms with Gasteiger partial charge in [0.1, 0.15) is 6.04 Å². The van der Waals surface area contributed by atoms with Crippen LogP contribution in [0.25, 0.3) is 0 Å². The number of anilines is 1. The first-order valence-electron chi connectivity index (χ1n) is 11.2. The molecule has 5 rings (SSSR count). The zero-order chi connectivity index (χ0) is 24.5. The standard InChI is InChI=1S/C27H23ClN2O5/c1-17-2-9-21(10-3-17)30-26(32)14-22(27(30)33)29(25(31)13-18-4-7-20(28)8-5-18)15-19-6-11-23-24(12-19)35-16-34-23/h2-12,22H,13-16H2,1H3. The van der Waals surface area contributed by atoms with E-state index in [0.29, 0.717) is 22.2 Å². The Bertz CT molecular complexity index is 1290. The largest absolute Gasteiger partial charge is 0.454 e. The van der Waals surface area contributed by atoms with E-state index in [9.17, 15) is 14.4 Å². The second-order valence-corrected chi connectivity index (χ2v) is 9.07. The van der Waals surface area contributed by atoms with Crippen molar-refractivity contribution in [1.29, 1.82) is 0 Å². The van der Waals surface area contributed by atoms with E-state index in [1.807, 2.05) is 25.1 Å². The van der Waals surface area contributed by atoms with E-state index >= 15 is 0 Å². The molecule has 0 bridgehead atoms. The summed E-state index contributed by atoms with van der Waals surface area (Å²) in [6.07, 6.45) is -0.00611. The van der Waals surface area contributed by atoms with Gasteiger partial charge < -0.3 is 14.4 Å². The maximum Gasteiger partial charge on any atom is 0.257 e. The Morgan fingerprint density at radius 1 is 0.971 bits per heavy atom. The van der Waals surface area contributed by atoms with Crippen molar-refractivity contribution in [2.75, 3.05) is 11.7 Å². The van der Waals surface area contributed by atoms with E-state index in [1.54, 1.807) is 48.5 Å². The summed E-state index contributed by atoms with van der Waals surface area (Å²) in [5, 5.41) is 0.573. The SMILES string of the molecule is Cc1ccc(N2C(=O)CC(N(Cc3ccc4c(c3)OCO4)C(=O)Cc3ccc(Cl)cc3)C2=O)cc1. The van der Waals surface area contributed by atoms with Crippen molar-refractivity contribution in [1.82, 2.24) is 4.90 Å². The molecule has 3 amide bonds. The van der Waals surface area contributed by atoms with Crippen LogP contribution in [0.1, 0.15) is 23.1 Å². The Labute approximate surface area is 207 Å². The van der Waals surface area contributed by atoms with E-state index in [-0.39, 0.29) is 38.0 Å². The van der Waals surface area contributed by atoms with Gasteiger partial charge in [0.25, 0.3) is 5.91 Å². The predicted molar refractivity (Wildman–Crippen MR) is 130 cm³/mol. The summed E-state index contributed by atoms with van der Waals surface area (Å²) in [5.41, 5.74) is 3.06. The van der Waals surface area contributed by atoms with Crippen LogP contribution in [-0.2, 0) is 27.3 Å². The van der Waals surface area contributed by atoms with Gasteiger partial charge in [-0.3, -0.25) is 14.4 Å². The van der Waals surface area contributed by atoms with Crippen LogP contribution in [0.15, 0.2) is 66.7 Å². The second-order valence-electron chi connectivity index (χ2n) is 8.64. The van der Waals surface area contributed by atoms with Gasteiger partial charge >= 0.3 is 0 Å².